The van der Waals surface area contributed by atoms with Crippen LogP contribution in [0.3, 0.4) is 0 Å². The molecule has 3 nitrogen and oxygen atoms in total. The van der Waals surface area contributed by atoms with Crippen LogP contribution in [0.5, 0.6) is 0 Å². The molecule has 11 heavy (non-hydrogen) atoms. The van der Waals surface area contributed by atoms with Crippen molar-refractivity contribution < 1.29 is 4.79 Å². The van der Waals surface area contributed by atoms with Crippen LogP contribution >= 0.6 is 11.3 Å². The van der Waals surface area contributed by atoms with Gasteiger partial charge in [-0.05, 0) is 6.92 Å². The van der Waals surface area contributed by atoms with Crippen LogP contribution in [0, 0.1) is 0 Å². The number of carbonyl (C=O) groups is 1. The Balaban J connectivity index is 2.65. The zero-order valence-electron chi connectivity index (χ0n) is 6.55. The van der Waals surface area contributed by atoms with E-state index in [4.69, 9.17) is 0 Å². The van der Waals surface area contributed by atoms with E-state index in [0.717, 1.165) is 10.8 Å². The third-order valence-corrected chi connectivity index (χ3v) is 2.06. The number of rotatable bonds is 3. The molecule has 1 heterocycles. The Hall–Kier alpha value is -0.900. The molecule has 0 amide bonds. The summed E-state index contributed by atoms with van der Waals surface area (Å²) in [6.45, 7) is 1.57. The molecule has 1 aromatic rings. The van der Waals surface area contributed by atoms with Crippen LogP contribution in [0.25, 0.3) is 0 Å². The van der Waals surface area contributed by atoms with Crippen molar-refractivity contribution in [2.45, 2.75) is 13.3 Å². The Bertz CT molecular complexity index is 257. The minimum atomic E-state index is 0.155. The van der Waals surface area contributed by atoms with Gasteiger partial charge in [0.05, 0.1) is 6.42 Å². The van der Waals surface area contributed by atoms with E-state index in [2.05, 4.69) is 10.3 Å². The number of thiazole rings is 1. The summed E-state index contributed by atoms with van der Waals surface area (Å²) in [6.07, 6.45) is 0.451. The van der Waals surface area contributed by atoms with E-state index >= 15 is 0 Å². The second-order valence-electron chi connectivity index (χ2n) is 2.26. The van der Waals surface area contributed by atoms with Gasteiger partial charge < -0.3 is 5.32 Å². The highest BCUT2D eigenvalue weighted by molar-refractivity contribution is 7.10. The molecule has 0 radical (unpaired) electrons. The summed E-state index contributed by atoms with van der Waals surface area (Å²) in [6, 6.07) is 0. The number of hydrogen-bond donors (Lipinski definition) is 1. The molecule has 0 fully saturated rings. The molecule has 0 bridgehead atoms. The summed E-state index contributed by atoms with van der Waals surface area (Å²) in [5.41, 5.74) is 0. The van der Waals surface area contributed by atoms with Gasteiger partial charge in [-0.3, -0.25) is 4.79 Å². The van der Waals surface area contributed by atoms with Crippen molar-refractivity contribution in [1.29, 1.82) is 0 Å². The fraction of sp³-hybridized carbons (Fsp3) is 0.429. The van der Waals surface area contributed by atoms with Gasteiger partial charge in [0.2, 0.25) is 0 Å². The van der Waals surface area contributed by atoms with Crippen LogP contribution in [0.15, 0.2) is 5.38 Å². The van der Waals surface area contributed by atoms with Gasteiger partial charge in [-0.2, -0.15) is 0 Å². The van der Waals surface area contributed by atoms with E-state index in [9.17, 15) is 4.79 Å². The monoisotopic (exact) mass is 170 g/mol. The number of aromatic nitrogens is 1. The fourth-order valence-electron chi connectivity index (χ4n) is 0.720. The van der Waals surface area contributed by atoms with Crippen molar-refractivity contribution in [3.63, 3.8) is 0 Å². The van der Waals surface area contributed by atoms with Gasteiger partial charge >= 0.3 is 0 Å². The predicted molar refractivity (Wildman–Crippen MR) is 46.0 cm³/mol. The summed E-state index contributed by atoms with van der Waals surface area (Å²) in [7, 11) is 1.81. The number of ketones is 1. The van der Waals surface area contributed by atoms with Crippen molar-refractivity contribution in [2.24, 2.45) is 0 Å². The molecule has 4 heteroatoms. The fourth-order valence-corrected chi connectivity index (χ4v) is 1.58. The van der Waals surface area contributed by atoms with Crippen molar-refractivity contribution in [2.75, 3.05) is 12.4 Å². The highest BCUT2D eigenvalue weighted by Crippen LogP contribution is 2.13. The van der Waals surface area contributed by atoms with Crippen molar-refractivity contribution in [3.05, 3.63) is 10.4 Å². The van der Waals surface area contributed by atoms with E-state index in [1.165, 1.54) is 11.3 Å². The minimum Gasteiger partial charge on any atom is -0.372 e. The Morgan fingerprint density at radius 2 is 2.55 bits per heavy atom. The van der Waals surface area contributed by atoms with Crippen LogP contribution in [0.2, 0.25) is 0 Å². The first kappa shape index (κ1) is 8.20. The van der Waals surface area contributed by atoms with Gasteiger partial charge in [-0.25, -0.2) is 4.98 Å². The number of nitrogens with zero attached hydrogens (tertiary/aromatic N) is 1. The second-order valence-corrected chi connectivity index (χ2v) is 3.20. The van der Waals surface area contributed by atoms with E-state index in [1.54, 1.807) is 6.92 Å². The first-order valence-electron chi connectivity index (χ1n) is 3.34. The molecule has 0 aliphatic heterocycles. The largest absolute Gasteiger partial charge is 0.372 e. The van der Waals surface area contributed by atoms with E-state index in [1.807, 2.05) is 12.4 Å². The maximum Gasteiger partial charge on any atom is 0.137 e. The summed E-state index contributed by atoms with van der Waals surface area (Å²) in [4.78, 5) is 14.8. The maximum atomic E-state index is 10.7. The summed E-state index contributed by atoms with van der Waals surface area (Å²) < 4.78 is 0. The Labute approximate surface area is 69.5 Å². The van der Waals surface area contributed by atoms with Crippen LogP contribution < -0.4 is 5.32 Å². The molecule has 1 rings (SSSR count). The third kappa shape index (κ3) is 2.31. The lowest BCUT2D eigenvalue weighted by molar-refractivity contribution is -0.116. The molecule has 0 saturated carbocycles. The number of anilines is 1. The summed E-state index contributed by atoms with van der Waals surface area (Å²) >= 11 is 1.51. The van der Waals surface area contributed by atoms with Crippen LogP contribution in [-0.2, 0) is 11.2 Å². The lowest BCUT2D eigenvalue weighted by Crippen LogP contribution is -1.96. The van der Waals surface area contributed by atoms with Crippen LogP contribution in [0.4, 0.5) is 5.82 Å². The van der Waals surface area contributed by atoms with Gasteiger partial charge in [-0.15, -0.1) is 11.3 Å². The Kier molecular flexibility index (Phi) is 2.59. The maximum absolute atomic E-state index is 10.7. The minimum absolute atomic E-state index is 0.155. The average Bonchev–Trinajstić information content (AvgIpc) is 2.34. The molecule has 0 spiro atoms. The van der Waals surface area contributed by atoms with Gasteiger partial charge in [0.25, 0.3) is 0 Å². The Morgan fingerprint density at radius 1 is 1.82 bits per heavy atom. The SMILES string of the molecule is CNc1csc(CC(C)=O)n1. The van der Waals surface area contributed by atoms with Crippen LogP contribution in [-0.4, -0.2) is 17.8 Å². The predicted octanol–water partition coefficient (Wildman–Crippen LogP) is 1.32. The molecular weight excluding hydrogens is 160 g/mol. The van der Waals surface area contributed by atoms with Gasteiger partial charge in [0.15, 0.2) is 0 Å². The molecule has 1 aromatic heterocycles. The number of carbonyl (C=O) groups excluding carboxylic acids is 1. The first-order chi connectivity index (χ1) is 5.22. The Morgan fingerprint density at radius 3 is 3.00 bits per heavy atom. The number of nitrogens with one attached hydrogen (secondary N) is 1. The molecule has 0 aliphatic carbocycles. The van der Waals surface area contributed by atoms with Gasteiger partial charge in [-0.1, -0.05) is 0 Å². The van der Waals surface area contributed by atoms with Crippen molar-refractivity contribution >= 4 is 22.9 Å². The molecule has 0 unspecified atom stereocenters. The number of hydrogen-bond acceptors (Lipinski definition) is 4. The highest BCUT2D eigenvalue weighted by Gasteiger charge is 2.02. The van der Waals surface area contributed by atoms with E-state index < -0.39 is 0 Å². The lowest BCUT2D eigenvalue weighted by Gasteiger charge is -1.89. The van der Waals surface area contributed by atoms with Crippen molar-refractivity contribution in [3.8, 4) is 0 Å². The smallest absolute Gasteiger partial charge is 0.137 e. The average molecular weight is 170 g/mol. The molecule has 0 aromatic carbocycles. The third-order valence-electron chi connectivity index (χ3n) is 1.21. The first-order valence-corrected chi connectivity index (χ1v) is 4.22. The lowest BCUT2D eigenvalue weighted by atomic mass is 10.3. The molecule has 0 aliphatic rings. The number of Topliss-reactive ketones (excluding diaryl/α,β-unsaturated/α-hetero) is 1. The topological polar surface area (TPSA) is 42.0 Å². The quantitative estimate of drug-likeness (QED) is 0.743. The molecule has 60 valence electrons. The summed E-state index contributed by atoms with van der Waals surface area (Å²) in [5, 5.41) is 5.69. The molecular formula is C7H10N2OS. The standard InChI is InChI=1S/C7H10N2OS/c1-5(10)3-7-9-6(8-2)4-11-7/h4,8H,3H2,1-2H3. The zero-order chi connectivity index (χ0) is 8.27. The molecule has 0 saturated heterocycles. The normalized spacial score (nSPS) is 9.64. The van der Waals surface area contributed by atoms with E-state index in [0.29, 0.717) is 6.42 Å². The van der Waals surface area contributed by atoms with Crippen molar-refractivity contribution in [1.82, 2.24) is 4.98 Å². The van der Waals surface area contributed by atoms with Crippen LogP contribution in [0.1, 0.15) is 11.9 Å². The molecule has 0 atom stereocenters. The van der Waals surface area contributed by atoms with Gasteiger partial charge in [0, 0.05) is 12.4 Å². The molecule has 1 N–H and O–H groups in total. The van der Waals surface area contributed by atoms with E-state index in [-0.39, 0.29) is 5.78 Å². The second kappa shape index (κ2) is 3.48. The highest BCUT2D eigenvalue weighted by atomic mass is 32.1. The summed E-state index contributed by atoms with van der Waals surface area (Å²) in [5.74, 6) is 0.994. The zero-order valence-corrected chi connectivity index (χ0v) is 7.36. The van der Waals surface area contributed by atoms with Gasteiger partial charge in [0.1, 0.15) is 16.6 Å².